The molecule has 186 valence electrons. The first kappa shape index (κ1) is 22.8. The van der Waals surface area contributed by atoms with Crippen LogP contribution in [0.3, 0.4) is 0 Å². The number of carbonyl (C=O) groups excluding carboxylic acids is 2. The van der Waals surface area contributed by atoms with E-state index in [1.54, 1.807) is 17.0 Å². The maximum atomic E-state index is 14.0. The fourth-order valence-corrected chi connectivity index (χ4v) is 6.47. The summed E-state index contributed by atoms with van der Waals surface area (Å²) in [6.07, 6.45) is 8.18. The second-order valence-corrected chi connectivity index (χ2v) is 10.3. The summed E-state index contributed by atoms with van der Waals surface area (Å²) in [6.45, 7) is 0.0963. The van der Waals surface area contributed by atoms with Gasteiger partial charge in [0.05, 0.1) is 11.0 Å². The Kier molecular flexibility index (Phi) is 5.74. The molecule has 2 unspecified atom stereocenters. The number of aromatic nitrogens is 1. The Morgan fingerprint density at radius 2 is 1.61 bits per heavy atom. The van der Waals surface area contributed by atoms with E-state index in [0.29, 0.717) is 6.42 Å². The van der Waals surface area contributed by atoms with Gasteiger partial charge >= 0.3 is 0 Å². The van der Waals surface area contributed by atoms with Gasteiger partial charge in [-0.1, -0.05) is 50.3 Å². The maximum absolute atomic E-state index is 14.0. The summed E-state index contributed by atoms with van der Waals surface area (Å²) in [6, 6.07) is 13.4. The molecule has 3 aromatic rings. The molecule has 36 heavy (non-hydrogen) atoms. The van der Waals surface area contributed by atoms with E-state index in [1.165, 1.54) is 31.4 Å². The highest BCUT2D eigenvalue weighted by molar-refractivity contribution is 5.97. The molecule has 2 aromatic carbocycles. The van der Waals surface area contributed by atoms with Crippen molar-refractivity contribution < 1.29 is 14.5 Å². The molecular weight excluding hydrogens is 456 g/mol. The topological polar surface area (TPSA) is 99.5 Å². The Hall–Kier alpha value is -3.68. The van der Waals surface area contributed by atoms with E-state index in [1.807, 2.05) is 23.1 Å². The molecule has 3 aliphatic rings. The smallest absolute Gasteiger partial charge is 0.269 e. The standard InChI is InChI=1S/C28H30N4O4/c33-25-17-30(19-8-4-2-1-3-5-9-19)28(34)24-16-22-21-10-6-7-11-23(21)29-26(22)27(31(24)25)18-12-14-20(15-13-18)32(35)36/h6-7,10-15,19,24,27,29H,1-5,8-9,16-17H2. The van der Waals surface area contributed by atoms with Crippen molar-refractivity contribution in [3.63, 3.8) is 0 Å². The molecule has 1 saturated carbocycles. The maximum Gasteiger partial charge on any atom is 0.269 e. The molecule has 1 saturated heterocycles. The van der Waals surface area contributed by atoms with E-state index in [-0.39, 0.29) is 30.1 Å². The van der Waals surface area contributed by atoms with Crippen molar-refractivity contribution in [2.24, 2.45) is 0 Å². The number of carbonyl (C=O) groups is 2. The third-order valence-electron chi connectivity index (χ3n) is 8.23. The van der Waals surface area contributed by atoms with Crippen LogP contribution < -0.4 is 0 Å². The highest BCUT2D eigenvalue weighted by Gasteiger charge is 2.49. The zero-order chi connectivity index (χ0) is 24.8. The zero-order valence-corrected chi connectivity index (χ0v) is 20.2. The van der Waals surface area contributed by atoms with E-state index in [9.17, 15) is 19.7 Å². The Morgan fingerprint density at radius 3 is 2.33 bits per heavy atom. The molecule has 8 nitrogen and oxygen atoms in total. The lowest BCUT2D eigenvalue weighted by Gasteiger charge is -2.49. The second kappa shape index (κ2) is 9.08. The molecule has 0 radical (unpaired) electrons. The van der Waals surface area contributed by atoms with Crippen molar-refractivity contribution >= 4 is 28.4 Å². The van der Waals surface area contributed by atoms with Crippen LogP contribution in [0.4, 0.5) is 5.69 Å². The number of nitro benzene ring substituents is 1. The average molecular weight is 487 g/mol. The number of amides is 2. The van der Waals surface area contributed by atoms with Crippen molar-refractivity contribution in [1.82, 2.24) is 14.8 Å². The molecule has 1 N–H and O–H groups in total. The number of nitro groups is 1. The summed E-state index contributed by atoms with van der Waals surface area (Å²) >= 11 is 0. The number of nitrogens with one attached hydrogen (secondary N) is 1. The number of aromatic amines is 1. The van der Waals surface area contributed by atoms with Crippen LogP contribution in [0, 0.1) is 10.1 Å². The summed E-state index contributed by atoms with van der Waals surface area (Å²) in [5, 5.41) is 12.3. The molecular formula is C28H30N4O4. The summed E-state index contributed by atoms with van der Waals surface area (Å²) in [7, 11) is 0. The van der Waals surface area contributed by atoms with Crippen LogP contribution >= 0.6 is 0 Å². The van der Waals surface area contributed by atoms with Gasteiger partial charge in [0, 0.05) is 41.2 Å². The van der Waals surface area contributed by atoms with Gasteiger partial charge < -0.3 is 14.8 Å². The number of hydrogen-bond donors (Lipinski definition) is 1. The van der Waals surface area contributed by atoms with E-state index in [0.717, 1.165) is 53.4 Å². The third kappa shape index (κ3) is 3.75. The van der Waals surface area contributed by atoms with Gasteiger partial charge in [-0.05, 0) is 42.2 Å². The molecule has 3 heterocycles. The van der Waals surface area contributed by atoms with Gasteiger partial charge in [0.2, 0.25) is 11.8 Å². The molecule has 2 amide bonds. The fourth-order valence-electron chi connectivity index (χ4n) is 6.47. The number of non-ortho nitro benzene ring substituents is 1. The first-order valence-corrected chi connectivity index (χ1v) is 13.0. The molecule has 1 aliphatic carbocycles. The Balaban J connectivity index is 1.43. The lowest BCUT2D eigenvalue weighted by Crippen LogP contribution is -2.64. The summed E-state index contributed by atoms with van der Waals surface area (Å²) < 4.78 is 0. The van der Waals surface area contributed by atoms with Crippen LogP contribution in [-0.2, 0) is 16.0 Å². The SMILES string of the molecule is O=C1C2Cc3c([nH]c4ccccc34)C(c3ccc([N+](=O)[O-])cc3)N2C(=O)CN1C1CCCCCCC1. The Bertz CT molecular complexity index is 1320. The predicted octanol–water partition coefficient (Wildman–Crippen LogP) is 4.87. The minimum Gasteiger partial charge on any atom is -0.356 e. The van der Waals surface area contributed by atoms with Crippen molar-refractivity contribution in [2.75, 3.05) is 6.54 Å². The number of fused-ring (bicyclic) bond motifs is 4. The number of rotatable bonds is 3. The predicted molar refractivity (Wildman–Crippen MR) is 135 cm³/mol. The average Bonchev–Trinajstić information content (AvgIpc) is 3.23. The van der Waals surface area contributed by atoms with Crippen LogP contribution in [0.1, 0.15) is 67.8 Å². The molecule has 8 heteroatoms. The van der Waals surface area contributed by atoms with Crippen LogP contribution in [-0.4, -0.2) is 50.1 Å². The largest absolute Gasteiger partial charge is 0.356 e. The molecule has 6 rings (SSSR count). The van der Waals surface area contributed by atoms with Crippen molar-refractivity contribution in [1.29, 1.82) is 0 Å². The number of H-pyrrole nitrogens is 1. The van der Waals surface area contributed by atoms with Crippen LogP contribution in [0.5, 0.6) is 0 Å². The van der Waals surface area contributed by atoms with Crippen molar-refractivity contribution in [3.8, 4) is 0 Å². The van der Waals surface area contributed by atoms with Gasteiger partial charge in [-0.3, -0.25) is 19.7 Å². The van der Waals surface area contributed by atoms with Gasteiger partial charge in [0.1, 0.15) is 12.6 Å². The monoisotopic (exact) mass is 486 g/mol. The molecule has 2 atom stereocenters. The van der Waals surface area contributed by atoms with Gasteiger partial charge in [0.25, 0.3) is 5.69 Å². The number of hydrogen-bond acceptors (Lipinski definition) is 4. The Morgan fingerprint density at radius 1 is 0.917 bits per heavy atom. The van der Waals surface area contributed by atoms with E-state index < -0.39 is 17.0 Å². The van der Waals surface area contributed by atoms with Crippen LogP contribution in [0.25, 0.3) is 10.9 Å². The van der Waals surface area contributed by atoms with E-state index >= 15 is 0 Å². The summed E-state index contributed by atoms with van der Waals surface area (Å²) in [4.78, 5) is 45.7. The highest BCUT2D eigenvalue weighted by Crippen LogP contribution is 2.43. The quantitative estimate of drug-likeness (QED) is 0.422. The number of nitrogens with zero attached hydrogens (tertiary/aromatic N) is 3. The number of benzene rings is 2. The molecule has 0 spiro atoms. The van der Waals surface area contributed by atoms with E-state index in [2.05, 4.69) is 11.1 Å². The first-order chi connectivity index (χ1) is 17.5. The van der Waals surface area contributed by atoms with Crippen molar-refractivity contribution in [2.45, 2.75) is 69.5 Å². The third-order valence-corrected chi connectivity index (χ3v) is 8.23. The van der Waals surface area contributed by atoms with E-state index in [4.69, 9.17) is 0 Å². The lowest BCUT2D eigenvalue weighted by molar-refractivity contribution is -0.384. The Labute approximate surface area is 209 Å². The lowest BCUT2D eigenvalue weighted by atomic mass is 9.85. The van der Waals surface area contributed by atoms with Gasteiger partial charge in [0.15, 0.2) is 0 Å². The number of para-hydroxylation sites is 1. The van der Waals surface area contributed by atoms with Crippen LogP contribution in [0.2, 0.25) is 0 Å². The minimum atomic E-state index is -0.580. The molecule has 1 aromatic heterocycles. The second-order valence-electron chi connectivity index (χ2n) is 10.3. The van der Waals surface area contributed by atoms with Gasteiger partial charge in [-0.25, -0.2) is 0 Å². The highest BCUT2D eigenvalue weighted by atomic mass is 16.6. The molecule has 2 fully saturated rings. The van der Waals surface area contributed by atoms with Gasteiger partial charge in [-0.2, -0.15) is 0 Å². The minimum absolute atomic E-state index is 0.000478. The van der Waals surface area contributed by atoms with Crippen LogP contribution in [0.15, 0.2) is 48.5 Å². The molecule has 0 bridgehead atoms. The normalized spacial score (nSPS) is 23.2. The number of piperazine rings is 1. The summed E-state index contributed by atoms with van der Waals surface area (Å²) in [5.41, 5.74) is 3.67. The molecule has 2 aliphatic heterocycles. The zero-order valence-electron chi connectivity index (χ0n) is 20.2. The summed E-state index contributed by atoms with van der Waals surface area (Å²) in [5.74, 6) is -0.0302. The first-order valence-electron chi connectivity index (χ1n) is 13.0. The van der Waals surface area contributed by atoms with Crippen molar-refractivity contribution in [3.05, 3.63) is 75.5 Å². The van der Waals surface area contributed by atoms with Gasteiger partial charge in [-0.15, -0.1) is 0 Å². The fraction of sp³-hybridized carbons (Fsp3) is 0.429.